The van der Waals surface area contributed by atoms with Crippen molar-refractivity contribution in [3.05, 3.63) is 68.7 Å². The van der Waals surface area contributed by atoms with Gasteiger partial charge in [-0.15, -0.1) is 0 Å². The lowest BCUT2D eigenvalue weighted by atomic mass is 10.1. The molecule has 2 aromatic carbocycles. The van der Waals surface area contributed by atoms with Gasteiger partial charge >= 0.3 is 0 Å². The average molecular weight is 333 g/mol. The van der Waals surface area contributed by atoms with Crippen molar-refractivity contribution in [2.75, 3.05) is 5.43 Å². The van der Waals surface area contributed by atoms with Crippen LogP contribution in [0.3, 0.4) is 0 Å². The van der Waals surface area contributed by atoms with Crippen molar-refractivity contribution in [1.82, 2.24) is 0 Å². The molecule has 0 aliphatic rings. The van der Waals surface area contributed by atoms with Crippen LogP contribution < -0.4 is 10.5 Å². The Labute approximate surface area is 136 Å². The third kappa shape index (κ3) is 4.04. The Bertz CT molecular complexity index is 788. The van der Waals surface area contributed by atoms with Gasteiger partial charge in [-0.1, -0.05) is 11.6 Å². The number of carboxylic acid groups (broad SMARTS) is 1. The molecule has 0 spiro atoms. The van der Waals surface area contributed by atoms with E-state index in [1.165, 1.54) is 24.3 Å². The van der Waals surface area contributed by atoms with Gasteiger partial charge in [-0.05, 0) is 42.8 Å². The number of rotatable bonds is 5. The number of non-ortho nitro benzene ring substituents is 1. The minimum absolute atomic E-state index is 0.00851. The molecule has 8 heteroatoms. The zero-order valence-electron chi connectivity index (χ0n) is 11.9. The number of carbonyl (C=O) groups excluding carboxylic acids is 1. The molecule has 0 atom stereocenters. The van der Waals surface area contributed by atoms with Crippen LogP contribution in [0.5, 0.6) is 0 Å². The summed E-state index contributed by atoms with van der Waals surface area (Å²) in [6.07, 6.45) is 0. The number of nitrogens with zero attached hydrogens (tertiary/aromatic N) is 2. The summed E-state index contributed by atoms with van der Waals surface area (Å²) in [6, 6.07) is 10.2. The molecule has 0 radical (unpaired) electrons. The Morgan fingerprint density at radius 2 is 1.87 bits per heavy atom. The second-order valence-corrected chi connectivity index (χ2v) is 5.00. The van der Waals surface area contributed by atoms with E-state index in [4.69, 9.17) is 11.6 Å². The van der Waals surface area contributed by atoms with Crippen LogP contribution in [0.2, 0.25) is 5.02 Å². The summed E-state index contributed by atoms with van der Waals surface area (Å²) in [6.45, 7) is 1.71. The number of anilines is 1. The Balaban J connectivity index is 2.17. The van der Waals surface area contributed by atoms with Gasteiger partial charge in [-0.2, -0.15) is 5.10 Å². The zero-order chi connectivity index (χ0) is 17.0. The van der Waals surface area contributed by atoms with Crippen molar-refractivity contribution in [2.24, 2.45) is 5.10 Å². The minimum Gasteiger partial charge on any atom is -0.545 e. The molecule has 0 unspecified atom stereocenters. The molecule has 0 aromatic heterocycles. The summed E-state index contributed by atoms with van der Waals surface area (Å²) in [5, 5.41) is 25.7. The second-order valence-electron chi connectivity index (χ2n) is 4.60. The molecule has 2 aromatic rings. The van der Waals surface area contributed by atoms with Crippen LogP contribution in [0.15, 0.2) is 47.6 Å². The van der Waals surface area contributed by atoms with Gasteiger partial charge in [-0.3, -0.25) is 15.5 Å². The Hall–Kier alpha value is -2.93. The van der Waals surface area contributed by atoms with Crippen LogP contribution in [0, 0.1) is 10.1 Å². The van der Waals surface area contributed by atoms with Crippen LogP contribution in [-0.2, 0) is 0 Å². The lowest BCUT2D eigenvalue weighted by molar-refractivity contribution is -0.384. The highest BCUT2D eigenvalue weighted by atomic mass is 35.5. The molecule has 0 fully saturated rings. The van der Waals surface area contributed by atoms with E-state index in [1.807, 2.05) is 0 Å². The number of hydrogen-bond donors (Lipinski definition) is 1. The van der Waals surface area contributed by atoms with Gasteiger partial charge in [0.1, 0.15) is 0 Å². The van der Waals surface area contributed by atoms with Gasteiger partial charge in [-0.25, -0.2) is 0 Å². The van der Waals surface area contributed by atoms with Crippen LogP contribution in [0.4, 0.5) is 11.4 Å². The van der Waals surface area contributed by atoms with Crippen LogP contribution in [0.1, 0.15) is 22.8 Å². The predicted octanol–water partition coefficient (Wildman–Crippen LogP) is 2.45. The third-order valence-electron chi connectivity index (χ3n) is 3.03. The summed E-state index contributed by atoms with van der Waals surface area (Å²) in [5.41, 5.74) is 4.25. The average Bonchev–Trinajstić information content (AvgIpc) is 2.53. The quantitative estimate of drug-likeness (QED) is 0.514. The van der Waals surface area contributed by atoms with Crippen molar-refractivity contribution < 1.29 is 14.8 Å². The fourth-order valence-electron chi connectivity index (χ4n) is 1.79. The first-order valence-corrected chi connectivity index (χ1v) is 6.82. The second kappa shape index (κ2) is 6.89. The largest absolute Gasteiger partial charge is 0.545 e. The van der Waals surface area contributed by atoms with Crippen molar-refractivity contribution in [1.29, 1.82) is 0 Å². The maximum atomic E-state index is 10.9. The first-order valence-electron chi connectivity index (χ1n) is 6.44. The summed E-state index contributed by atoms with van der Waals surface area (Å²) in [7, 11) is 0. The maximum Gasteiger partial charge on any atom is 0.269 e. The van der Waals surface area contributed by atoms with E-state index in [2.05, 4.69) is 10.5 Å². The predicted molar refractivity (Wildman–Crippen MR) is 84.7 cm³/mol. The smallest absolute Gasteiger partial charge is 0.269 e. The van der Waals surface area contributed by atoms with E-state index < -0.39 is 10.9 Å². The first-order chi connectivity index (χ1) is 10.9. The number of benzene rings is 2. The van der Waals surface area contributed by atoms with Gasteiger partial charge in [0.25, 0.3) is 5.69 Å². The number of hydrazone groups is 1. The Morgan fingerprint density at radius 3 is 2.43 bits per heavy atom. The van der Waals surface area contributed by atoms with Crippen molar-refractivity contribution >= 4 is 34.7 Å². The van der Waals surface area contributed by atoms with Crippen molar-refractivity contribution in [3.63, 3.8) is 0 Å². The summed E-state index contributed by atoms with van der Waals surface area (Å²) < 4.78 is 0. The van der Waals surface area contributed by atoms with Gasteiger partial charge in [0.05, 0.1) is 22.3 Å². The van der Waals surface area contributed by atoms with E-state index in [0.717, 1.165) is 0 Å². The Kier molecular flexibility index (Phi) is 4.92. The van der Waals surface area contributed by atoms with E-state index in [1.54, 1.807) is 25.1 Å². The number of carbonyl (C=O) groups is 1. The summed E-state index contributed by atoms with van der Waals surface area (Å²) in [5.74, 6) is -1.38. The number of aromatic carboxylic acids is 1. The summed E-state index contributed by atoms with van der Waals surface area (Å²) >= 11 is 5.75. The van der Waals surface area contributed by atoms with E-state index in [9.17, 15) is 20.0 Å². The van der Waals surface area contributed by atoms with E-state index >= 15 is 0 Å². The SMILES string of the molecule is C/C(=N/Nc1ccc(Cl)c(C(=O)[O-])c1)c1ccc([N+](=O)[O-])cc1. The van der Waals surface area contributed by atoms with Crippen molar-refractivity contribution in [3.8, 4) is 0 Å². The minimum atomic E-state index is -1.38. The molecule has 0 saturated heterocycles. The van der Waals surface area contributed by atoms with Gasteiger partial charge < -0.3 is 9.90 Å². The van der Waals surface area contributed by atoms with E-state index in [-0.39, 0.29) is 16.3 Å². The topological polar surface area (TPSA) is 108 Å². The molecule has 0 aliphatic heterocycles. The molecule has 118 valence electrons. The lowest BCUT2D eigenvalue weighted by Gasteiger charge is -2.08. The molecule has 0 amide bonds. The number of hydrogen-bond acceptors (Lipinski definition) is 6. The monoisotopic (exact) mass is 332 g/mol. The number of nitro benzene ring substituents is 1. The van der Waals surface area contributed by atoms with Gasteiger partial charge in [0.15, 0.2) is 0 Å². The number of halogens is 1. The molecular formula is C15H11ClN3O4-. The fourth-order valence-corrected chi connectivity index (χ4v) is 1.98. The molecule has 23 heavy (non-hydrogen) atoms. The molecule has 1 N–H and O–H groups in total. The maximum absolute atomic E-state index is 10.9. The van der Waals surface area contributed by atoms with E-state index in [0.29, 0.717) is 17.0 Å². The molecule has 0 bridgehead atoms. The van der Waals surface area contributed by atoms with Gasteiger partial charge in [0, 0.05) is 22.7 Å². The normalized spacial score (nSPS) is 11.1. The Morgan fingerprint density at radius 1 is 1.22 bits per heavy atom. The first kappa shape index (κ1) is 16.4. The molecule has 7 nitrogen and oxygen atoms in total. The molecule has 0 saturated carbocycles. The highest BCUT2D eigenvalue weighted by Gasteiger charge is 2.06. The fraction of sp³-hybridized carbons (Fsp3) is 0.0667. The van der Waals surface area contributed by atoms with Crippen LogP contribution >= 0.6 is 11.6 Å². The van der Waals surface area contributed by atoms with Crippen molar-refractivity contribution in [2.45, 2.75) is 6.92 Å². The standard InChI is InChI=1S/C15H12ClN3O4/c1-9(10-2-5-12(6-3-10)19(22)23)17-18-11-4-7-14(16)13(8-11)15(20)21/h2-8,18H,1H3,(H,20,21)/p-1/b17-9-. The number of carboxylic acids is 1. The summed E-state index contributed by atoms with van der Waals surface area (Å²) in [4.78, 5) is 21.0. The number of nitrogens with one attached hydrogen (secondary N) is 1. The van der Waals surface area contributed by atoms with Crippen LogP contribution in [0.25, 0.3) is 0 Å². The zero-order valence-corrected chi connectivity index (χ0v) is 12.7. The van der Waals surface area contributed by atoms with Gasteiger partial charge in [0.2, 0.25) is 0 Å². The molecule has 2 rings (SSSR count). The highest BCUT2D eigenvalue weighted by Crippen LogP contribution is 2.20. The molecule has 0 heterocycles. The molecule has 0 aliphatic carbocycles. The highest BCUT2D eigenvalue weighted by molar-refractivity contribution is 6.33. The number of nitro groups is 1. The molecular weight excluding hydrogens is 322 g/mol. The lowest BCUT2D eigenvalue weighted by Crippen LogP contribution is -2.22. The van der Waals surface area contributed by atoms with Crippen LogP contribution in [-0.4, -0.2) is 16.6 Å². The third-order valence-corrected chi connectivity index (χ3v) is 3.36.